The number of aromatic nitrogens is 4. The molecule has 5 aromatic rings. The highest BCUT2D eigenvalue weighted by atomic mass is 16.5. The number of amides is 1. The number of aryl methyl sites for hydroxylation is 2. The van der Waals surface area contributed by atoms with Gasteiger partial charge in [0, 0.05) is 34.8 Å². The number of ether oxygens (including phenoxy) is 1. The minimum atomic E-state index is -0.231. The van der Waals surface area contributed by atoms with Crippen LogP contribution < -0.4 is 10.1 Å². The lowest BCUT2D eigenvalue weighted by Crippen LogP contribution is -2.12. The lowest BCUT2D eigenvalue weighted by Gasteiger charge is -2.10. The van der Waals surface area contributed by atoms with Crippen molar-refractivity contribution in [3.05, 3.63) is 102 Å². The second-order valence-electron chi connectivity index (χ2n) is 7.92. The Balaban J connectivity index is 1.26. The van der Waals surface area contributed by atoms with Gasteiger partial charge in [-0.3, -0.25) is 4.79 Å². The Labute approximate surface area is 201 Å². The van der Waals surface area contributed by atoms with Gasteiger partial charge in [-0.25, -0.2) is 9.97 Å². The fourth-order valence-corrected chi connectivity index (χ4v) is 3.48. The van der Waals surface area contributed by atoms with Gasteiger partial charge in [-0.2, -0.15) is 0 Å². The molecule has 2 heterocycles. The van der Waals surface area contributed by atoms with Gasteiger partial charge in [0.1, 0.15) is 5.75 Å². The molecule has 0 bridgehead atoms. The Bertz CT molecular complexity index is 1480. The van der Waals surface area contributed by atoms with Crippen LogP contribution in [0.3, 0.4) is 0 Å². The molecule has 0 aliphatic heterocycles. The van der Waals surface area contributed by atoms with Crippen LogP contribution in [-0.4, -0.2) is 26.1 Å². The van der Waals surface area contributed by atoms with Crippen molar-refractivity contribution >= 4 is 11.6 Å². The topological polar surface area (TPSA) is 103 Å². The smallest absolute Gasteiger partial charge is 0.321 e. The van der Waals surface area contributed by atoms with Crippen LogP contribution in [0.25, 0.3) is 22.9 Å². The molecular formula is C27H21N5O3. The first kappa shape index (κ1) is 22.0. The summed E-state index contributed by atoms with van der Waals surface area (Å²) in [5.41, 5.74) is 4.74. The molecule has 0 radical (unpaired) electrons. The Hall–Kier alpha value is -4.85. The van der Waals surface area contributed by atoms with Crippen LogP contribution in [0.1, 0.15) is 21.5 Å². The van der Waals surface area contributed by atoms with Crippen LogP contribution in [0.4, 0.5) is 5.69 Å². The van der Waals surface area contributed by atoms with Crippen LogP contribution >= 0.6 is 0 Å². The lowest BCUT2D eigenvalue weighted by atomic mass is 10.1. The number of hydrogen-bond donors (Lipinski definition) is 1. The van der Waals surface area contributed by atoms with E-state index in [2.05, 4.69) is 25.5 Å². The number of carbonyl (C=O) groups is 1. The van der Waals surface area contributed by atoms with Crippen LogP contribution in [0.2, 0.25) is 0 Å². The summed E-state index contributed by atoms with van der Waals surface area (Å²) < 4.78 is 11.5. The highest BCUT2D eigenvalue weighted by Crippen LogP contribution is 2.26. The number of rotatable bonds is 6. The van der Waals surface area contributed by atoms with E-state index in [-0.39, 0.29) is 11.9 Å². The first-order valence-electron chi connectivity index (χ1n) is 10.9. The third kappa shape index (κ3) is 5.06. The minimum Gasteiger partial charge on any atom is -0.424 e. The average molecular weight is 463 g/mol. The summed E-state index contributed by atoms with van der Waals surface area (Å²) in [4.78, 5) is 20.9. The van der Waals surface area contributed by atoms with E-state index in [1.165, 1.54) is 0 Å². The predicted octanol–water partition coefficient (Wildman–Crippen LogP) is 5.86. The van der Waals surface area contributed by atoms with Gasteiger partial charge in [-0.15, -0.1) is 10.2 Å². The lowest BCUT2D eigenvalue weighted by molar-refractivity contribution is 0.102. The first-order chi connectivity index (χ1) is 17.0. The summed E-state index contributed by atoms with van der Waals surface area (Å²) in [6.45, 7) is 3.90. The monoisotopic (exact) mass is 463 g/mol. The molecule has 3 aromatic carbocycles. The Morgan fingerprint density at radius 2 is 1.57 bits per heavy atom. The summed E-state index contributed by atoms with van der Waals surface area (Å²) in [6, 6.07) is 22.2. The molecule has 172 valence electrons. The number of benzene rings is 3. The van der Waals surface area contributed by atoms with Crippen molar-refractivity contribution in [2.75, 3.05) is 5.32 Å². The van der Waals surface area contributed by atoms with Gasteiger partial charge in [-0.05, 0) is 80.1 Å². The molecule has 1 amide bonds. The van der Waals surface area contributed by atoms with E-state index in [1.54, 1.807) is 54.9 Å². The van der Waals surface area contributed by atoms with E-state index in [4.69, 9.17) is 9.15 Å². The summed E-state index contributed by atoms with van der Waals surface area (Å²) in [5.74, 6) is 1.20. The van der Waals surface area contributed by atoms with Crippen molar-refractivity contribution in [3.8, 4) is 34.7 Å². The standard InChI is InChI=1S/C27H21N5O3/c1-17-5-3-6-21(15-17)26-32-31-25(35-26)20-9-7-19(8-10-20)24(33)30-23-12-11-22(16-18(23)2)34-27-28-13-4-14-29-27/h3-16H,1-2H3,(H,30,33). The van der Waals surface area contributed by atoms with E-state index in [0.717, 1.165) is 22.3 Å². The largest absolute Gasteiger partial charge is 0.424 e. The molecule has 8 heteroatoms. The molecule has 0 aliphatic rings. The summed E-state index contributed by atoms with van der Waals surface area (Å²) in [6.07, 6.45) is 3.22. The minimum absolute atomic E-state index is 0.231. The number of hydrogen-bond acceptors (Lipinski definition) is 7. The molecule has 0 saturated heterocycles. The highest BCUT2D eigenvalue weighted by molar-refractivity contribution is 6.04. The van der Waals surface area contributed by atoms with Gasteiger partial charge in [0.25, 0.3) is 5.91 Å². The van der Waals surface area contributed by atoms with Gasteiger partial charge in [0.05, 0.1) is 0 Å². The molecule has 0 saturated carbocycles. The Kier molecular flexibility index (Phi) is 6.00. The molecule has 35 heavy (non-hydrogen) atoms. The van der Waals surface area contributed by atoms with Gasteiger partial charge < -0.3 is 14.5 Å². The second-order valence-corrected chi connectivity index (χ2v) is 7.92. The number of anilines is 1. The fraction of sp³-hybridized carbons (Fsp3) is 0.0741. The van der Waals surface area contributed by atoms with Crippen molar-refractivity contribution in [3.63, 3.8) is 0 Å². The molecule has 2 aromatic heterocycles. The van der Waals surface area contributed by atoms with Crippen LogP contribution in [0, 0.1) is 13.8 Å². The summed E-state index contributed by atoms with van der Waals surface area (Å²) in [5, 5.41) is 11.2. The van der Waals surface area contributed by atoms with Gasteiger partial charge in [-0.1, -0.05) is 17.7 Å². The molecule has 0 atom stereocenters. The van der Waals surface area contributed by atoms with E-state index in [9.17, 15) is 4.79 Å². The first-order valence-corrected chi connectivity index (χ1v) is 10.9. The molecule has 0 spiro atoms. The van der Waals surface area contributed by atoms with Gasteiger partial charge in [0.2, 0.25) is 11.8 Å². The summed E-state index contributed by atoms with van der Waals surface area (Å²) >= 11 is 0. The zero-order chi connectivity index (χ0) is 24.2. The predicted molar refractivity (Wildman–Crippen MR) is 131 cm³/mol. The zero-order valence-electron chi connectivity index (χ0n) is 19.1. The van der Waals surface area contributed by atoms with Crippen molar-refractivity contribution < 1.29 is 13.9 Å². The van der Waals surface area contributed by atoms with Crippen molar-refractivity contribution in [1.82, 2.24) is 20.2 Å². The van der Waals surface area contributed by atoms with E-state index < -0.39 is 0 Å². The third-order valence-corrected chi connectivity index (χ3v) is 5.28. The Morgan fingerprint density at radius 1 is 0.829 bits per heavy atom. The van der Waals surface area contributed by atoms with Gasteiger partial charge in [0.15, 0.2) is 0 Å². The van der Waals surface area contributed by atoms with Crippen molar-refractivity contribution in [2.45, 2.75) is 13.8 Å². The van der Waals surface area contributed by atoms with Crippen LogP contribution in [0.15, 0.2) is 89.6 Å². The highest BCUT2D eigenvalue weighted by Gasteiger charge is 2.13. The maximum absolute atomic E-state index is 12.8. The molecule has 5 rings (SSSR count). The Morgan fingerprint density at radius 3 is 2.29 bits per heavy atom. The summed E-state index contributed by atoms with van der Waals surface area (Å²) in [7, 11) is 0. The van der Waals surface area contributed by atoms with Crippen LogP contribution in [-0.2, 0) is 0 Å². The van der Waals surface area contributed by atoms with Crippen LogP contribution in [0.5, 0.6) is 11.8 Å². The van der Waals surface area contributed by atoms with E-state index in [0.29, 0.717) is 28.8 Å². The van der Waals surface area contributed by atoms with E-state index >= 15 is 0 Å². The number of carbonyl (C=O) groups excluding carboxylic acids is 1. The number of nitrogens with zero attached hydrogens (tertiary/aromatic N) is 4. The third-order valence-electron chi connectivity index (χ3n) is 5.28. The molecule has 0 fully saturated rings. The molecule has 1 N–H and O–H groups in total. The maximum Gasteiger partial charge on any atom is 0.321 e. The maximum atomic E-state index is 12.8. The van der Waals surface area contributed by atoms with E-state index in [1.807, 2.05) is 44.2 Å². The normalized spacial score (nSPS) is 10.7. The zero-order valence-corrected chi connectivity index (χ0v) is 19.1. The van der Waals surface area contributed by atoms with Crippen molar-refractivity contribution in [1.29, 1.82) is 0 Å². The second kappa shape index (κ2) is 9.56. The molecule has 0 aliphatic carbocycles. The SMILES string of the molecule is Cc1cccc(-c2nnc(-c3ccc(C(=O)Nc4ccc(Oc5ncccn5)cc4C)cc3)o2)c1. The van der Waals surface area contributed by atoms with Gasteiger partial charge >= 0.3 is 6.01 Å². The fourth-order valence-electron chi connectivity index (χ4n) is 3.48. The molecule has 0 unspecified atom stereocenters. The number of nitrogens with one attached hydrogen (secondary N) is 1. The van der Waals surface area contributed by atoms with Crippen molar-refractivity contribution in [2.24, 2.45) is 0 Å². The molecular weight excluding hydrogens is 442 g/mol. The molecule has 8 nitrogen and oxygen atoms in total. The quantitative estimate of drug-likeness (QED) is 0.337. The average Bonchev–Trinajstić information content (AvgIpc) is 3.37.